The Morgan fingerprint density at radius 3 is 2.22 bits per heavy atom. The maximum absolute atomic E-state index is 13.2. The topological polar surface area (TPSA) is 49.4 Å². The summed E-state index contributed by atoms with van der Waals surface area (Å²) in [7, 11) is 0. The zero-order valence-corrected chi connectivity index (χ0v) is 21.7. The summed E-state index contributed by atoms with van der Waals surface area (Å²) in [5.41, 5.74) is 4.45. The summed E-state index contributed by atoms with van der Waals surface area (Å²) < 4.78 is 0. The van der Waals surface area contributed by atoms with E-state index in [1.165, 1.54) is 16.7 Å². The first-order valence-corrected chi connectivity index (χ1v) is 12.6. The highest BCUT2D eigenvalue weighted by Crippen LogP contribution is 2.24. The fourth-order valence-corrected chi connectivity index (χ4v) is 4.53. The molecule has 174 valence electrons. The van der Waals surface area contributed by atoms with Crippen LogP contribution >= 0.6 is 35.0 Å². The Labute approximate surface area is 206 Å². The van der Waals surface area contributed by atoms with Crippen molar-refractivity contribution >= 4 is 46.8 Å². The van der Waals surface area contributed by atoms with Crippen molar-refractivity contribution in [1.82, 2.24) is 10.2 Å². The molecule has 0 heterocycles. The van der Waals surface area contributed by atoms with Crippen LogP contribution in [-0.2, 0) is 21.9 Å². The van der Waals surface area contributed by atoms with E-state index in [-0.39, 0.29) is 24.1 Å². The van der Waals surface area contributed by atoms with Gasteiger partial charge in [0.15, 0.2) is 0 Å². The van der Waals surface area contributed by atoms with E-state index in [2.05, 4.69) is 37.4 Å². The van der Waals surface area contributed by atoms with E-state index in [1.54, 1.807) is 35.7 Å². The Hall–Kier alpha value is -1.69. The number of carbonyl (C=O) groups is 2. The predicted molar refractivity (Wildman–Crippen MR) is 136 cm³/mol. The molecule has 0 saturated heterocycles. The number of hydrogen-bond donors (Lipinski definition) is 1. The summed E-state index contributed by atoms with van der Waals surface area (Å²) >= 11 is 13.7. The lowest BCUT2D eigenvalue weighted by Crippen LogP contribution is -2.48. The molecule has 0 aromatic heterocycles. The molecular weight excluding hydrogens is 463 g/mol. The molecule has 0 radical (unpaired) electrons. The minimum atomic E-state index is -0.600. The molecule has 2 rings (SSSR count). The molecule has 0 spiro atoms. The fourth-order valence-electron chi connectivity index (χ4n) is 3.36. The van der Waals surface area contributed by atoms with E-state index in [4.69, 9.17) is 23.2 Å². The molecule has 32 heavy (non-hydrogen) atoms. The molecule has 1 N–H and O–H groups in total. The van der Waals surface area contributed by atoms with E-state index >= 15 is 0 Å². The van der Waals surface area contributed by atoms with Gasteiger partial charge in [-0.05, 0) is 49.9 Å². The van der Waals surface area contributed by atoms with Crippen molar-refractivity contribution in [2.75, 3.05) is 12.3 Å². The van der Waals surface area contributed by atoms with Gasteiger partial charge in [-0.2, -0.15) is 0 Å². The lowest BCUT2D eigenvalue weighted by atomic mass is 10.1. The molecule has 7 heteroatoms. The van der Waals surface area contributed by atoms with Gasteiger partial charge in [-0.15, -0.1) is 11.8 Å². The van der Waals surface area contributed by atoms with Crippen LogP contribution in [-0.4, -0.2) is 35.1 Å². The summed E-state index contributed by atoms with van der Waals surface area (Å²) in [5, 5.41) is 3.82. The van der Waals surface area contributed by atoms with Gasteiger partial charge in [-0.25, -0.2) is 0 Å². The molecule has 0 aliphatic carbocycles. The SMILES string of the molecule is Cc1cc(C)cc(CSCC(=O)N(Cc2ccc(Cl)c(Cl)c2)[C@@H](C)C(=O)NCC(C)C)c1. The second kappa shape index (κ2) is 12.5. The Kier molecular flexibility index (Phi) is 10.4. The van der Waals surface area contributed by atoms with E-state index in [1.807, 2.05) is 19.9 Å². The van der Waals surface area contributed by atoms with Gasteiger partial charge in [0.2, 0.25) is 11.8 Å². The smallest absolute Gasteiger partial charge is 0.242 e. The zero-order valence-electron chi connectivity index (χ0n) is 19.4. The van der Waals surface area contributed by atoms with E-state index in [9.17, 15) is 9.59 Å². The average molecular weight is 496 g/mol. The Balaban J connectivity index is 2.11. The monoisotopic (exact) mass is 494 g/mol. The summed E-state index contributed by atoms with van der Waals surface area (Å²) in [5.74, 6) is 1.11. The van der Waals surface area contributed by atoms with Crippen LogP contribution in [0.2, 0.25) is 10.0 Å². The maximum atomic E-state index is 13.2. The Bertz CT molecular complexity index is 929. The third-order valence-electron chi connectivity index (χ3n) is 4.96. The van der Waals surface area contributed by atoms with Crippen molar-refractivity contribution in [3.05, 3.63) is 68.7 Å². The fraction of sp³-hybridized carbons (Fsp3) is 0.440. The van der Waals surface area contributed by atoms with Crippen molar-refractivity contribution in [3.63, 3.8) is 0 Å². The highest BCUT2D eigenvalue weighted by atomic mass is 35.5. The number of carbonyl (C=O) groups excluding carboxylic acids is 2. The van der Waals surface area contributed by atoms with Gasteiger partial charge in [-0.3, -0.25) is 9.59 Å². The van der Waals surface area contributed by atoms with E-state index < -0.39 is 6.04 Å². The van der Waals surface area contributed by atoms with Crippen LogP contribution in [0.25, 0.3) is 0 Å². The van der Waals surface area contributed by atoms with Crippen LogP contribution in [0.5, 0.6) is 0 Å². The summed E-state index contributed by atoms with van der Waals surface area (Å²) in [6.45, 7) is 10.8. The van der Waals surface area contributed by atoms with Gasteiger partial charge in [0.25, 0.3) is 0 Å². The van der Waals surface area contributed by atoms with Crippen LogP contribution in [0, 0.1) is 19.8 Å². The maximum Gasteiger partial charge on any atom is 0.242 e. The minimum Gasteiger partial charge on any atom is -0.354 e. The number of nitrogens with zero attached hydrogens (tertiary/aromatic N) is 1. The van der Waals surface area contributed by atoms with E-state index in [0.717, 1.165) is 11.3 Å². The molecule has 2 aromatic carbocycles. The van der Waals surface area contributed by atoms with E-state index in [0.29, 0.717) is 22.5 Å². The normalized spacial score (nSPS) is 12.0. The molecular formula is C25H32Cl2N2O2S. The number of hydrogen-bond acceptors (Lipinski definition) is 3. The van der Waals surface area contributed by atoms with Gasteiger partial charge in [0.1, 0.15) is 6.04 Å². The van der Waals surface area contributed by atoms with Crippen molar-refractivity contribution in [3.8, 4) is 0 Å². The van der Waals surface area contributed by atoms with Crippen LogP contribution in [0.4, 0.5) is 0 Å². The molecule has 0 aliphatic heterocycles. The first-order valence-electron chi connectivity index (χ1n) is 10.7. The van der Waals surface area contributed by atoms with Crippen LogP contribution < -0.4 is 5.32 Å². The molecule has 0 fully saturated rings. The first-order chi connectivity index (χ1) is 15.1. The van der Waals surface area contributed by atoms with Gasteiger partial charge < -0.3 is 10.2 Å². The standard InChI is InChI=1S/C25H32Cl2N2O2S/c1-16(2)12-28-25(31)19(5)29(13-20-6-7-22(26)23(27)11-20)24(30)15-32-14-21-9-17(3)8-18(4)10-21/h6-11,16,19H,12-15H2,1-5H3,(H,28,31)/t19-/m0/s1. The largest absolute Gasteiger partial charge is 0.354 e. The van der Waals surface area contributed by atoms with Crippen molar-refractivity contribution < 1.29 is 9.59 Å². The van der Waals surface area contributed by atoms with Crippen molar-refractivity contribution in [1.29, 1.82) is 0 Å². The average Bonchev–Trinajstić information content (AvgIpc) is 2.71. The number of thioether (sulfide) groups is 1. The summed E-state index contributed by atoms with van der Waals surface area (Å²) in [6.07, 6.45) is 0. The molecule has 1 atom stereocenters. The molecule has 2 amide bonds. The molecule has 4 nitrogen and oxygen atoms in total. The highest BCUT2D eigenvalue weighted by molar-refractivity contribution is 7.99. The van der Waals surface area contributed by atoms with Gasteiger partial charge in [0.05, 0.1) is 15.8 Å². The van der Waals surface area contributed by atoms with Crippen LogP contribution in [0.1, 0.15) is 43.0 Å². The predicted octanol–water partition coefficient (Wildman–Crippen LogP) is 6.03. The minimum absolute atomic E-state index is 0.0855. The molecule has 2 aromatic rings. The lowest BCUT2D eigenvalue weighted by Gasteiger charge is -2.29. The number of amides is 2. The van der Waals surface area contributed by atoms with Crippen molar-refractivity contribution in [2.24, 2.45) is 5.92 Å². The Morgan fingerprint density at radius 2 is 1.62 bits per heavy atom. The molecule has 0 aliphatic rings. The number of rotatable bonds is 10. The second-order valence-electron chi connectivity index (χ2n) is 8.57. The van der Waals surface area contributed by atoms with Gasteiger partial charge in [0, 0.05) is 18.8 Å². The van der Waals surface area contributed by atoms with Crippen LogP contribution in [0.3, 0.4) is 0 Å². The first kappa shape index (κ1) is 26.6. The quantitative estimate of drug-likeness (QED) is 0.438. The molecule has 0 saturated carbocycles. The highest BCUT2D eigenvalue weighted by Gasteiger charge is 2.26. The third-order valence-corrected chi connectivity index (χ3v) is 6.69. The Morgan fingerprint density at radius 1 is 0.969 bits per heavy atom. The second-order valence-corrected chi connectivity index (χ2v) is 10.4. The molecule has 0 bridgehead atoms. The molecule has 0 unspecified atom stereocenters. The number of aryl methyl sites for hydroxylation is 2. The zero-order chi connectivity index (χ0) is 23.8. The summed E-state index contributed by atoms with van der Waals surface area (Å²) in [4.78, 5) is 27.5. The van der Waals surface area contributed by atoms with Gasteiger partial charge >= 0.3 is 0 Å². The summed E-state index contributed by atoms with van der Waals surface area (Å²) in [6, 6.07) is 11.1. The number of halogens is 2. The lowest BCUT2D eigenvalue weighted by molar-refractivity contribution is -0.138. The number of benzene rings is 2. The van der Waals surface area contributed by atoms with Gasteiger partial charge in [-0.1, -0.05) is 72.4 Å². The number of nitrogens with one attached hydrogen (secondary N) is 1. The third kappa shape index (κ3) is 8.34. The van der Waals surface area contributed by atoms with Crippen molar-refractivity contribution in [2.45, 2.75) is 53.0 Å². The van der Waals surface area contributed by atoms with Crippen LogP contribution in [0.15, 0.2) is 36.4 Å².